The summed E-state index contributed by atoms with van der Waals surface area (Å²) >= 11 is 1.52. The van der Waals surface area contributed by atoms with E-state index in [9.17, 15) is 4.39 Å². The van der Waals surface area contributed by atoms with E-state index in [1.54, 1.807) is 10.7 Å². The van der Waals surface area contributed by atoms with Crippen molar-refractivity contribution in [3.05, 3.63) is 65.5 Å². The lowest BCUT2D eigenvalue weighted by molar-refractivity contribution is 0.568. The van der Waals surface area contributed by atoms with Crippen molar-refractivity contribution in [2.75, 3.05) is 6.26 Å². The molecule has 0 aliphatic rings. The van der Waals surface area contributed by atoms with E-state index in [1.807, 2.05) is 37.8 Å². The van der Waals surface area contributed by atoms with E-state index < -0.39 is 0 Å². The van der Waals surface area contributed by atoms with Crippen LogP contribution in [0.5, 0.6) is 0 Å². The van der Waals surface area contributed by atoms with Gasteiger partial charge in [-0.25, -0.2) is 19.0 Å². The van der Waals surface area contributed by atoms with Crippen molar-refractivity contribution in [2.24, 2.45) is 0 Å². The highest BCUT2D eigenvalue weighted by Gasteiger charge is 2.14. The predicted octanol–water partition coefficient (Wildman–Crippen LogP) is 3.68. The first kappa shape index (κ1) is 17.6. The van der Waals surface area contributed by atoms with Crippen LogP contribution in [0, 0.1) is 12.7 Å². The lowest BCUT2D eigenvalue weighted by Crippen LogP contribution is -2.19. The minimum absolute atomic E-state index is 0.0996. The number of hydrogen-bond donors (Lipinski definition) is 1. The van der Waals surface area contributed by atoms with Gasteiger partial charge < -0.3 is 5.32 Å². The fourth-order valence-electron chi connectivity index (χ4n) is 2.64. The van der Waals surface area contributed by atoms with Crippen LogP contribution in [0.2, 0.25) is 0 Å². The molecular weight excluding hydrogens is 337 g/mol. The first-order valence-corrected chi connectivity index (χ1v) is 9.19. The molecule has 1 unspecified atom stereocenters. The smallest absolute Gasteiger partial charge is 0.187 e. The van der Waals surface area contributed by atoms with Crippen LogP contribution in [0.3, 0.4) is 0 Å². The van der Waals surface area contributed by atoms with Gasteiger partial charge in [-0.05, 0) is 38.3 Å². The summed E-state index contributed by atoms with van der Waals surface area (Å²) in [5.74, 6) is -0.270. The van der Waals surface area contributed by atoms with E-state index in [-0.39, 0.29) is 11.9 Å². The van der Waals surface area contributed by atoms with Crippen LogP contribution >= 0.6 is 11.8 Å². The van der Waals surface area contributed by atoms with Crippen LogP contribution in [0.15, 0.2) is 48.0 Å². The summed E-state index contributed by atoms with van der Waals surface area (Å²) in [6, 6.07) is 6.54. The third-order valence-electron chi connectivity index (χ3n) is 4.04. The Morgan fingerprint density at radius 3 is 2.68 bits per heavy atom. The zero-order chi connectivity index (χ0) is 17.8. The number of nitrogens with zero attached hydrogens (tertiary/aromatic N) is 4. The van der Waals surface area contributed by atoms with Crippen LogP contribution in [0.25, 0.3) is 5.69 Å². The molecule has 0 saturated heterocycles. The molecule has 1 atom stereocenters. The Labute approximate surface area is 150 Å². The molecule has 0 saturated carbocycles. The highest BCUT2D eigenvalue weighted by Crippen LogP contribution is 2.21. The number of nitrogens with one attached hydrogen (secondary N) is 1. The van der Waals surface area contributed by atoms with Crippen molar-refractivity contribution in [1.82, 2.24) is 25.1 Å². The van der Waals surface area contributed by atoms with Crippen LogP contribution in [0.4, 0.5) is 4.39 Å². The number of hydrogen-bond acceptors (Lipinski definition) is 5. The summed E-state index contributed by atoms with van der Waals surface area (Å²) in [4.78, 5) is 8.55. The van der Waals surface area contributed by atoms with Crippen LogP contribution in [0.1, 0.15) is 29.8 Å². The molecule has 130 valence electrons. The Balaban J connectivity index is 1.71. The minimum Gasteiger partial charge on any atom is -0.306 e. The molecule has 1 aromatic carbocycles. The van der Waals surface area contributed by atoms with Crippen molar-refractivity contribution in [3.63, 3.8) is 0 Å². The SMILES string of the molecule is CSc1ncc(CNC(C)c2cnn(-c3cccc(F)c3)c2C)cn1. The van der Waals surface area contributed by atoms with Gasteiger partial charge in [0.2, 0.25) is 0 Å². The second kappa shape index (κ2) is 7.76. The van der Waals surface area contributed by atoms with E-state index in [4.69, 9.17) is 0 Å². The summed E-state index contributed by atoms with van der Waals surface area (Å²) < 4.78 is 15.2. The molecule has 0 spiro atoms. The third-order valence-corrected chi connectivity index (χ3v) is 4.62. The van der Waals surface area contributed by atoms with Crippen molar-refractivity contribution in [2.45, 2.75) is 31.6 Å². The van der Waals surface area contributed by atoms with E-state index in [2.05, 4.69) is 27.3 Å². The maximum atomic E-state index is 13.4. The highest BCUT2D eigenvalue weighted by atomic mass is 32.2. The van der Waals surface area contributed by atoms with Crippen molar-refractivity contribution in [3.8, 4) is 5.69 Å². The molecule has 7 heteroatoms. The highest BCUT2D eigenvalue weighted by molar-refractivity contribution is 7.98. The molecule has 2 heterocycles. The Hall–Kier alpha value is -2.25. The Morgan fingerprint density at radius 2 is 2.00 bits per heavy atom. The average molecular weight is 357 g/mol. The van der Waals surface area contributed by atoms with Gasteiger partial charge >= 0.3 is 0 Å². The fraction of sp³-hybridized carbons (Fsp3) is 0.278. The standard InChI is InChI=1S/C18H20FN5S/c1-12(20-8-14-9-21-18(25-3)22-10-14)17-11-23-24(13(17)2)16-6-4-5-15(19)7-16/h4-7,9-12,20H,8H2,1-3H3. The molecule has 25 heavy (non-hydrogen) atoms. The Kier molecular flexibility index (Phi) is 5.45. The molecule has 3 rings (SSSR count). The lowest BCUT2D eigenvalue weighted by Gasteiger charge is -2.14. The van der Waals surface area contributed by atoms with Crippen LogP contribution < -0.4 is 5.32 Å². The van der Waals surface area contributed by atoms with Gasteiger partial charge in [0, 0.05) is 41.8 Å². The summed E-state index contributed by atoms with van der Waals surface area (Å²) in [5, 5.41) is 8.63. The first-order chi connectivity index (χ1) is 12.1. The zero-order valence-electron chi connectivity index (χ0n) is 14.4. The Bertz CT molecular complexity index is 847. The molecule has 0 bridgehead atoms. The molecule has 0 radical (unpaired) electrons. The van der Waals surface area contributed by atoms with Gasteiger partial charge in [0.25, 0.3) is 0 Å². The van der Waals surface area contributed by atoms with E-state index in [1.165, 1.54) is 23.9 Å². The van der Waals surface area contributed by atoms with Gasteiger partial charge in [0.1, 0.15) is 5.82 Å². The molecular formula is C18H20FN5S. The molecule has 1 N–H and O–H groups in total. The van der Waals surface area contributed by atoms with E-state index in [0.29, 0.717) is 6.54 Å². The second-order valence-corrected chi connectivity index (χ2v) is 6.53. The summed E-state index contributed by atoms with van der Waals surface area (Å²) in [7, 11) is 0. The molecule has 0 aliphatic carbocycles. The minimum atomic E-state index is -0.270. The summed E-state index contributed by atoms with van der Waals surface area (Å²) in [6.07, 6.45) is 7.45. The second-order valence-electron chi connectivity index (χ2n) is 5.76. The van der Waals surface area contributed by atoms with Crippen LogP contribution in [-0.4, -0.2) is 26.0 Å². The monoisotopic (exact) mass is 357 g/mol. The number of thioether (sulfide) groups is 1. The van der Waals surface area contributed by atoms with E-state index in [0.717, 1.165) is 27.7 Å². The van der Waals surface area contributed by atoms with Gasteiger partial charge in [-0.2, -0.15) is 5.10 Å². The van der Waals surface area contributed by atoms with Gasteiger partial charge in [-0.1, -0.05) is 17.8 Å². The number of benzene rings is 1. The fourth-order valence-corrected chi connectivity index (χ4v) is 2.95. The summed E-state index contributed by atoms with van der Waals surface area (Å²) in [6.45, 7) is 4.74. The Morgan fingerprint density at radius 1 is 1.24 bits per heavy atom. The van der Waals surface area contributed by atoms with Crippen molar-refractivity contribution in [1.29, 1.82) is 0 Å². The number of aromatic nitrogens is 4. The normalized spacial score (nSPS) is 12.3. The maximum absolute atomic E-state index is 13.4. The zero-order valence-corrected chi connectivity index (χ0v) is 15.2. The molecule has 2 aromatic heterocycles. The predicted molar refractivity (Wildman–Crippen MR) is 97.3 cm³/mol. The quantitative estimate of drug-likeness (QED) is 0.539. The molecule has 0 amide bonds. The maximum Gasteiger partial charge on any atom is 0.187 e. The molecule has 3 aromatic rings. The number of rotatable bonds is 6. The lowest BCUT2D eigenvalue weighted by atomic mass is 10.1. The summed E-state index contributed by atoms with van der Waals surface area (Å²) in [5.41, 5.74) is 3.81. The van der Waals surface area contributed by atoms with Gasteiger partial charge in [0.05, 0.1) is 11.9 Å². The molecule has 0 aliphatic heterocycles. The van der Waals surface area contributed by atoms with Crippen LogP contribution in [-0.2, 0) is 6.54 Å². The average Bonchev–Trinajstić information content (AvgIpc) is 3.01. The topological polar surface area (TPSA) is 55.6 Å². The van der Waals surface area contributed by atoms with Gasteiger partial charge in [-0.3, -0.25) is 0 Å². The third kappa shape index (κ3) is 4.05. The first-order valence-electron chi connectivity index (χ1n) is 7.97. The van der Waals surface area contributed by atoms with Gasteiger partial charge in [0.15, 0.2) is 5.16 Å². The van der Waals surface area contributed by atoms with Gasteiger partial charge in [-0.15, -0.1) is 0 Å². The largest absolute Gasteiger partial charge is 0.306 e. The number of halogens is 1. The van der Waals surface area contributed by atoms with Crippen molar-refractivity contribution >= 4 is 11.8 Å². The molecule has 0 fully saturated rings. The van der Waals surface area contributed by atoms with E-state index >= 15 is 0 Å². The molecule has 5 nitrogen and oxygen atoms in total. The van der Waals surface area contributed by atoms with Crippen molar-refractivity contribution < 1.29 is 4.39 Å².